The first-order valence-electron chi connectivity index (χ1n) is 9.08. The van der Waals surface area contributed by atoms with E-state index >= 15 is 0 Å². The van der Waals surface area contributed by atoms with Crippen molar-refractivity contribution >= 4 is 38.8 Å². The molecule has 1 amide bonds. The predicted octanol–water partition coefficient (Wildman–Crippen LogP) is 5.83. The first kappa shape index (κ1) is 20.7. The highest BCUT2D eigenvalue weighted by atomic mass is 32.1. The molecule has 0 unspecified atom stereocenters. The Kier molecular flexibility index (Phi) is 5.28. The fourth-order valence-corrected chi connectivity index (χ4v) is 4.04. The molecule has 4 rings (SSSR count). The lowest BCUT2D eigenvalue weighted by Gasteiger charge is -2.09. The highest BCUT2D eigenvalue weighted by Gasteiger charge is 2.30. The lowest BCUT2D eigenvalue weighted by molar-refractivity contribution is -0.137. The second-order valence-electron chi connectivity index (χ2n) is 6.66. The monoisotopic (exact) mass is 443 g/mol. The van der Waals surface area contributed by atoms with Crippen molar-refractivity contribution in [2.75, 3.05) is 18.2 Å². The summed E-state index contributed by atoms with van der Waals surface area (Å²) >= 11 is 1.08. The Morgan fingerprint density at radius 2 is 1.84 bits per heavy atom. The average molecular weight is 443 g/mol. The van der Waals surface area contributed by atoms with E-state index < -0.39 is 17.6 Å². The summed E-state index contributed by atoms with van der Waals surface area (Å²) in [6, 6.07) is 15.4. The van der Waals surface area contributed by atoms with Gasteiger partial charge >= 0.3 is 6.18 Å². The number of alkyl halides is 3. The quantitative estimate of drug-likeness (QED) is 0.416. The van der Waals surface area contributed by atoms with Crippen LogP contribution in [0.2, 0.25) is 0 Å². The van der Waals surface area contributed by atoms with Crippen LogP contribution in [0.4, 0.5) is 24.5 Å². The van der Waals surface area contributed by atoms with Crippen LogP contribution in [-0.4, -0.2) is 18.0 Å². The number of amides is 1. The summed E-state index contributed by atoms with van der Waals surface area (Å²) in [7, 11) is 1.58. The lowest BCUT2D eigenvalue weighted by atomic mass is 10.1. The number of anilines is 2. The van der Waals surface area contributed by atoms with E-state index in [1.54, 1.807) is 19.2 Å². The predicted molar refractivity (Wildman–Crippen MR) is 115 cm³/mol. The van der Waals surface area contributed by atoms with Crippen LogP contribution in [0.25, 0.3) is 21.5 Å². The van der Waals surface area contributed by atoms with Crippen LogP contribution in [0.15, 0.2) is 60.7 Å². The molecule has 2 aromatic carbocycles. The van der Waals surface area contributed by atoms with E-state index in [-0.39, 0.29) is 16.3 Å². The number of thiophene rings is 1. The molecule has 0 fully saturated rings. The van der Waals surface area contributed by atoms with Crippen molar-refractivity contribution in [1.29, 1.82) is 0 Å². The van der Waals surface area contributed by atoms with E-state index in [2.05, 4.69) is 10.3 Å². The van der Waals surface area contributed by atoms with E-state index in [9.17, 15) is 18.0 Å². The van der Waals surface area contributed by atoms with Crippen molar-refractivity contribution < 1.29 is 22.7 Å². The molecule has 2 aromatic heterocycles. The normalized spacial score (nSPS) is 11.5. The van der Waals surface area contributed by atoms with Crippen LogP contribution in [-0.2, 0) is 6.18 Å². The average Bonchev–Trinajstić information content (AvgIpc) is 3.09. The molecule has 2 heterocycles. The number of pyridine rings is 1. The Morgan fingerprint density at radius 3 is 2.52 bits per heavy atom. The molecule has 0 spiro atoms. The zero-order chi connectivity index (χ0) is 22.2. The first-order valence-corrected chi connectivity index (χ1v) is 9.90. The second kappa shape index (κ2) is 7.92. The highest BCUT2D eigenvalue weighted by molar-refractivity contribution is 7.21. The van der Waals surface area contributed by atoms with Crippen molar-refractivity contribution in [3.05, 3.63) is 71.1 Å². The summed E-state index contributed by atoms with van der Waals surface area (Å²) < 4.78 is 43.9. The third-order valence-corrected chi connectivity index (χ3v) is 5.75. The largest absolute Gasteiger partial charge is 0.497 e. The number of fused-ring (bicyclic) bond motifs is 1. The zero-order valence-electron chi connectivity index (χ0n) is 16.2. The lowest BCUT2D eigenvalue weighted by Crippen LogP contribution is -2.13. The number of carbonyl (C=O) groups is 1. The van der Waals surface area contributed by atoms with Crippen LogP contribution >= 0.6 is 11.3 Å². The molecule has 0 bridgehead atoms. The van der Waals surface area contributed by atoms with Gasteiger partial charge in [0.05, 0.1) is 24.1 Å². The molecule has 0 atom stereocenters. The first-order chi connectivity index (χ1) is 14.8. The fourth-order valence-electron chi connectivity index (χ4n) is 3.05. The number of methoxy groups -OCH3 is 1. The number of hydrogen-bond donors (Lipinski definition) is 2. The van der Waals surface area contributed by atoms with Gasteiger partial charge in [-0.1, -0.05) is 6.07 Å². The van der Waals surface area contributed by atoms with Gasteiger partial charge in [0.1, 0.15) is 15.5 Å². The van der Waals surface area contributed by atoms with E-state index in [1.165, 1.54) is 12.1 Å². The molecule has 158 valence electrons. The van der Waals surface area contributed by atoms with Gasteiger partial charge in [0, 0.05) is 16.6 Å². The molecule has 4 aromatic rings. The molecule has 3 N–H and O–H groups in total. The van der Waals surface area contributed by atoms with Crippen LogP contribution < -0.4 is 15.8 Å². The molecular weight excluding hydrogens is 427 g/mol. The summed E-state index contributed by atoms with van der Waals surface area (Å²) in [5, 5.41) is 3.09. The molecule has 0 saturated heterocycles. The van der Waals surface area contributed by atoms with Gasteiger partial charge in [-0.05, 0) is 54.6 Å². The van der Waals surface area contributed by atoms with Gasteiger partial charge in [-0.25, -0.2) is 4.98 Å². The van der Waals surface area contributed by atoms with E-state index in [0.29, 0.717) is 15.9 Å². The minimum atomic E-state index is -4.50. The number of nitrogens with one attached hydrogen (secondary N) is 1. The summed E-state index contributed by atoms with van der Waals surface area (Å²) in [5.74, 6) is 0.129. The van der Waals surface area contributed by atoms with Crippen molar-refractivity contribution in [3.8, 4) is 17.0 Å². The summed E-state index contributed by atoms with van der Waals surface area (Å²) in [5.41, 5.74) is 7.11. The van der Waals surface area contributed by atoms with Crippen molar-refractivity contribution in [2.45, 2.75) is 6.18 Å². The smallest absolute Gasteiger partial charge is 0.416 e. The second-order valence-corrected chi connectivity index (χ2v) is 7.65. The van der Waals surface area contributed by atoms with Gasteiger partial charge in [0.2, 0.25) is 0 Å². The summed E-state index contributed by atoms with van der Waals surface area (Å²) in [4.78, 5) is 18.0. The van der Waals surface area contributed by atoms with Gasteiger partial charge in [-0.2, -0.15) is 13.2 Å². The number of halogens is 3. The van der Waals surface area contributed by atoms with Crippen molar-refractivity contribution in [1.82, 2.24) is 4.98 Å². The number of carbonyl (C=O) groups excluding carboxylic acids is 1. The van der Waals surface area contributed by atoms with Crippen LogP contribution in [0, 0.1) is 0 Å². The Morgan fingerprint density at radius 1 is 1.10 bits per heavy atom. The Labute approximate surface area is 179 Å². The number of ether oxygens (including phenoxy) is 1. The molecule has 0 aliphatic carbocycles. The van der Waals surface area contributed by atoms with Gasteiger partial charge in [0.25, 0.3) is 5.91 Å². The van der Waals surface area contributed by atoms with Gasteiger partial charge in [0.15, 0.2) is 0 Å². The molecule has 5 nitrogen and oxygen atoms in total. The summed E-state index contributed by atoms with van der Waals surface area (Å²) in [6.07, 6.45) is -4.50. The third-order valence-electron chi connectivity index (χ3n) is 4.63. The topological polar surface area (TPSA) is 77.2 Å². The molecule has 0 saturated carbocycles. The third kappa shape index (κ3) is 4.17. The Hall–Kier alpha value is -3.59. The maximum absolute atomic E-state index is 12.9. The standard InChI is InChI=1S/C22H16F3N3O2S/c1-30-15-7-5-12(6-8-15)17-10-9-16-18(26)19(31-21(16)28-17)20(29)27-14-4-2-3-13(11-14)22(23,24)25/h2-11H,26H2,1H3,(H,27,29). The Bertz CT molecular complexity index is 1270. The zero-order valence-corrected chi connectivity index (χ0v) is 17.0. The maximum atomic E-state index is 12.9. The molecule has 0 radical (unpaired) electrons. The molecule has 9 heteroatoms. The molecule has 0 aliphatic heterocycles. The summed E-state index contributed by atoms with van der Waals surface area (Å²) in [6.45, 7) is 0. The van der Waals surface area contributed by atoms with Crippen LogP contribution in [0.5, 0.6) is 5.75 Å². The SMILES string of the molecule is COc1ccc(-c2ccc3c(N)c(C(=O)Nc4cccc(C(F)(F)F)c4)sc3n2)cc1. The van der Waals surface area contributed by atoms with Gasteiger partial charge < -0.3 is 15.8 Å². The van der Waals surface area contributed by atoms with Gasteiger partial charge in [-0.3, -0.25) is 4.79 Å². The van der Waals surface area contributed by atoms with Crippen LogP contribution in [0.3, 0.4) is 0 Å². The fraction of sp³-hybridized carbons (Fsp3) is 0.0909. The van der Waals surface area contributed by atoms with E-state index in [4.69, 9.17) is 10.5 Å². The number of hydrogen-bond acceptors (Lipinski definition) is 5. The Balaban J connectivity index is 1.63. The number of rotatable bonds is 4. The minimum absolute atomic E-state index is 0.0311. The van der Waals surface area contributed by atoms with E-state index in [1.807, 2.05) is 24.3 Å². The minimum Gasteiger partial charge on any atom is -0.497 e. The number of nitrogen functional groups attached to an aromatic ring is 1. The van der Waals surface area contributed by atoms with E-state index in [0.717, 1.165) is 34.8 Å². The number of benzene rings is 2. The maximum Gasteiger partial charge on any atom is 0.416 e. The molecular formula is C22H16F3N3O2S. The molecule has 0 aliphatic rings. The van der Waals surface area contributed by atoms with Gasteiger partial charge in [-0.15, -0.1) is 11.3 Å². The number of nitrogens with two attached hydrogens (primary N) is 1. The van der Waals surface area contributed by atoms with Crippen molar-refractivity contribution in [2.24, 2.45) is 0 Å². The number of nitrogens with zero attached hydrogens (tertiary/aromatic N) is 1. The number of aromatic nitrogens is 1. The highest BCUT2D eigenvalue weighted by Crippen LogP contribution is 2.35. The molecule has 31 heavy (non-hydrogen) atoms. The van der Waals surface area contributed by atoms with Crippen molar-refractivity contribution in [3.63, 3.8) is 0 Å². The van der Waals surface area contributed by atoms with Crippen LogP contribution in [0.1, 0.15) is 15.2 Å².